The van der Waals surface area contributed by atoms with Crippen LogP contribution < -0.4 is 0 Å². The Balaban J connectivity index is 2.58. The van der Waals surface area contributed by atoms with Crippen molar-refractivity contribution in [2.75, 3.05) is 24.6 Å². The molecule has 0 aromatic carbocycles. The van der Waals surface area contributed by atoms with Gasteiger partial charge < -0.3 is 10.0 Å². The summed E-state index contributed by atoms with van der Waals surface area (Å²) in [5, 5.41) is 9.40. The number of carbonyl (C=O) groups is 2. The molecule has 0 radical (unpaired) electrons. The third-order valence-electron chi connectivity index (χ3n) is 3.76. The SMILES string of the molecule is CCCSCC(=O)N1CCC(C(=O)O)(C(C)C)C1. The highest BCUT2D eigenvalue weighted by Gasteiger charge is 2.48. The maximum absolute atomic E-state index is 12.0. The fourth-order valence-corrected chi connectivity index (χ4v) is 3.12. The van der Waals surface area contributed by atoms with Gasteiger partial charge in [-0.05, 0) is 24.5 Å². The van der Waals surface area contributed by atoms with Crippen LogP contribution >= 0.6 is 11.8 Å². The summed E-state index contributed by atoms with van der Waals surface area (Å²) in [5.41, 5.74) is -0.745. The molecule has 1 aliphatic heterocycles. The Morgan fingerprint density at radius 3 is 2.56 bits per heavy atom. The molecular formula is C13H23NO3S. The van der Waals surface area contributed by atoms with Gasteiger partial charge in [0.15, 0.2) is 0 Å². The Labute approximate surface area is 113 Å². The van der Waals surface area contributed by atoms with Crippen molar-refractivity contribution in [1.29, 1.82) is 0 Å². The first-order valence-corrected chi connectivity index (χ1v) is 7.68. The lowest BCUT2D eigenvalue weighted by atomic mass is 9.76. The van der Waals surface area contributed by atoms with Gasteiger partial charge in [0, 0.05) is 13.1 Å². The third kappa shape index (κ3) is 3.19. The molecule has 0 spiro atoms. The largest absolute Gasteiger partial charge is 0.481 e. The number of carbonyl (C=O) groups excluding carboxylic acids is 1. The first kappa shape index (κ1) is 15.3. The number of carboxylic acid groups (broad SMARTS) is 1. The predicted octanol–water partition coefficient (Wildman–Crippen LogP) is 2.09. The number of hydrogen-bond acceptors (Lipinski definition) is 3. The van der Waals surface area contributed by atoms with E-state index >= 15 is 0 Å². The van der Waals surface area contributed by atoms with Gasteiger partial charge in [-0.25, -0.2) is 0 Å². The van der Waals surface area contributed by atoms with Crippen molar-refractivity contribution in [2.24, 2.45) is 11.3 Å². The number of amides is 1. The Kier molecular flexibility index (Phi) is 5.50. The van der Waals surface area contributed by atoms with Crippen LogP contribution in [0.25, 0.3) is 0 Å². The van der Waals surface area contributed by atoms with Crippen molar-refractivity contribution in [3.05, 3.63) is 0 Å². The van der Waals surface area contributed by atoms with Gasteiger partial charge in [0.05, 0.1) is 11.2 Å². The average Bonchev–Trinajstić information content (AvgIpc) is 2.75. The molecule has 0 aromatic rings. The number of rotatable bonds is 6. The molecule has 4 nitrogen and oxygen atoms in total. The monoisotopic (exact) mass is 273 g/mol. The molecule has 1 aliphatic rings. The molecule has 0 saturated carbocycles. The number of likely N-dealkylation sites (tertiary alicyclic amines) is 1. The van der Waals surface area contributed by atoms with E-state index < -0.39 is 11.4 Å². The summed E-state index contributed by atoms with van der Waals surface area (Å²) in [5.74, 6) is 0.817. The highest BCUT2D eigenvalue weighted by molar-refractivity contribution is 7.99. The van der Waals surface area contributed by atoms with Gasteiger partial charge in [0.25, 0.3) is 0 Å². The van der Waals surface area contributed by atoms with Crippen LogP contribution in [0.3, 0.4) is 0 Å². The molecule has 1 fully saturated rings. The van der Waals surface area contributed by atoms with Crippen LogP contribution in [0.5, 0.6) is 0 Å². The van der Waals surface area contributed by atoms with Crippen LogP contribution in [0.1, 0.15) is 33.6 Å². The standard InChI is InChI=1S/C13H23NO3S/c1-4-7-18-8-11(15)14-6-5-13(9-14,10(2)3)12(16)17/h10H,4-9H2,1-3H3,(H,16,17). The molecule has 1 rings (SSSR count). The number of thioether (sulfide) groups is 1. The maximum atomic E-state index is 12.0. The van der Waals surface area contributed by atoms with E-state index in [1.165, 1.54) is 0 Å². The lowest BCUT2D eigenvalue weighted by molar-refractivity contribution is -0.151. The van der Waals surface area contributed by atoms with Crippen LogP contribution in [-0.2, 0) is 9.59 Å². The second-order valence-electron chi connectivity index (χ2n) is 5.23. The lowest BCUT2D eigenvalue weighted by Gasteiger charge is -2.28. The zero-order valence-corrected chi connectivity index (χ0v) is 12.3. The number of hydrogen-bond donors (Lipinski definition) is 1. The Morgan fingerprint density at radius 2 is 2.11 bits per heavy atom. The quantitative estimate of drug-likeness (QED) is 0.753. The molecule has 1 amide bonds. The maximum Gasteiger partial charge on any atom is 0.311 e. The van der Waals surface area contributed by atoms with Crippen LogP contribution in [0.2, 0.25) is 0 Å². The molecule has 104 valence electrons. The molecule has 1 saturated heterocycles. The van der Waals surface area contributed by atoms with Gasteiger partial charge in [0.1, 0.15) is 0 Å². The zero-order valence-electron chi connectivity index (χ0n) is 11.4. The van der Waals surface area contributed by atoms with Gasteiger partial charge in [0.2, 0.25) is 5.91 Å². The van der Waals surface area contributed by atoms with E-state index in [0.29, 0.717) is 25.3 Å². The van der Waals surface area contributed by atoms with E-state index in [0.717, 1.165) is 12.2 Å². The normalized spacial score (nSPS) is 23.7. The van der Waals surface area contributed by atoms with E-state index in [4.69, 9.17) is 0 Å². The van der Waals surface area contributed by atoms with E-state index in [1.54, 1.807) is 16.7 Å². The first-order chi connectivity index (χ1) is 8.44. The van der Waals surface area contributed by atoms with E-state index in [-0.39, 0.29) is 11.8 Å². The molecular weight excluding hydrogens is 250 g/mol. The van der Waals surface area contributed by atoms with Crippen LogP contribution in [0, 0.1) is 11.3 Å². The molecule has 0 aliphatic carbocycles. The molecule has 18 heavy (non-hydrogen) atoms. The summed E-state index contributed by atoms with van der Waals surface area (Å²) < 4.78 is 0. The third-order valence-corrected chi connectivity index (χ3v) is 4.91. The van der Waals surface area contributed by atoms with Gasteiger partial charge in [-0.1, -0.05) is 20.8 Å². The fourth-order valence-electron chi connectivity index (χ4n) is 2.33. The summed E-state index contributed by atoms with van der Waals surface area (Å²) in [4.78, 5) is 25.1. The molecule has 1 atom stereocenters. The Bertz CT molecular complexity index is 319. The van der Waals surface area contributed by atoms with Crippen molar-refractivity contribution < 1.29 is 14.7 Å². The van der Waals surface area contributed by atoms with Crippen LogP contribution in [-0.4, -0.2) is 46.5 Å². The van der Waals surface area contributed by atoms with E-state index in [1.807, 2.05) is 13.8 Å². The van der Waals surface area contributed by atoms with E-state index in [9.17, 15) is 14.7 Å². The van der Waals surface area contributed by atoms with Gasteiger partial charge >= 0.3 is 5.97 Å². The second kappa shape index (κ2) is 6.45. The minimum Gasteiger partial charge on any atom is -0.481 e. The highest BCUT2D eigenvalue weighted by atomic mass is 32.2. The van der Waals surface area contributed by atoms with Crippen LogP contribution in [0.4, 0.5) is 0 Å². The van der Waals surface area contributed by atoms with E-state index in [2.05, 4.69) is 6.92 Å². The lowest BCUT2D eigenvalue weighted by Crippen LogP contribution is -2.41. The molecule has 1 heterocycles. The Hall–Kier alpha value is -0.710. The molecule has 0 aromatic heterocycles. The number of aliphatic carboxylic acids is 1. The summed E-state index contributed by atoms with van der Waals surface area (Å²) in [6.45, 7) is 6.88. The topological polar surface area (TPSA) is 57.6 Å². The second-order valence-corrected chi connectivity index (χ2v) is 6.34. The zero-order chi connectivity index (χ0) is 13.8. The van der Waals surface area contributed by atoms with Crippen molar-refractivity contribution in [3.63, 3.8) is 0 Å². The minimum atomic E-state index is -0.769. The van der Waals surface area contributed by atoms with Crippen molar-refractivity contribution in [3.8, 4) is 0 Å². The summed E-state index contributed by atoms with van der Waals surface area (Å²) in [6.07, 6.45) is 1.63. The molecule has 1 unspecified atom stereocenters. The molecule has 5 heteroatoms. The van der Waals surface area contributed by atoms with Gasteiger partial charge in [-0.2, -0.15) is 11.8 Å². The van der Waals surface area contributed by atoms with Crippen LogP contribution in [0.15, 0.2) is 0 Å². The minimum absolute atomic E-state index is 0.0519. The number of carboxylic acids is 1. The Morgan fingerprint density at radius 1 is 1.44 bits per heavy atom. The van der Waals surface area contributed by atoms with Crippen molar-refractivity contribution in [1.82, 2.24) is 4.90 Å². The predicted molar refractivity (Wildman–Crippen MR) is 73.7 cm³/mol. The average molecular weight is 273 g/mol. The molecule has 0 bridgehead atoms. The van der Waals surface area contributed by atoms with Gasteiger partial charge in [-0.3, -0.25) is 9.59 Å². The summed E-state index contributed by atoms with van der Waals surface area (Å²) >= 11 is 1.63. The summed E-state index contributed by atoms with van der Waals surface area (Å²) in [7, 11) is 0. The van der Waals surface area contributed by atoms with Crippen molar-refractivity contribution >= 4 is 23.6 Å². The smallest absolute Gasteiger partial charge is 0.311 e. The highest BCUT2D eigenvalue weighted by Crippen LogP contribution is 2.38. The first-order valence-electron chi connectivity index (χ1n) is 6.53. The molecule has 1 N–H and O–H groups in total. The number of nitrogens with zero attached hydrogens (tertiary/aromatic N) is 1. The van der Waals surface area contributed by atoms with Gasteiger partial charge in [-0.15, -0.1) is 0 Å². The fraction of sp³-hybridized carbons (Fsp3) is 0.846. The summed E-state index contributed by atoms with van der Waals surface area (Å²) in [6, 6.07) is 0. The van der Waals surface area contributed by atoms with Crippen molar-refractivity contribution in [2.45, 2.75) is 33.6 Å².